The number of thiophene rings is 1. The molecule has 138 valence electrons. The van der Waals surface area contributed by atoms with Crippen LogP contribution in [-0.4, -0.2) is 11.8 Å². The topological polar surface area (TPSA) is 71.3 Å². The van der Waals surface area contributed by atoms with Crippen molar-refractivity contribution in [1.82, 2.24) is 10.9 Å². The molecular weight excluding hydrogens is 372 g/mol. The number of amides is 2. The van der Waals surface area contributed by atoms with Gasteiger partial charge < -0.3 is 4.42 Å². The third-order valence-electron chi connectivity index (χ3n) is 4.22. The Bertz CT molecular complexity index is 1090. The number of hydrazine groups is 1. The maximum Gasteiger partial charge on any atom is 0.306 e. The number of rotatable bonds is 4. The van der Waals surface area contributed by atoms with Crippen molar-refractivity contribution in [2.75, 3.05) is 0 Å². The summed E-state index contributed by atoms with van der Waals surface area (Å²) < 4.78 is 5.63. The molecule has 0 radical (unpaired) electrons. The molecular formula is C22H16N2O3S. The third kappa shape index (κ3) is 3.58. The summed E-state index contributed by atoms with van der Waals surface area (Å²) in [7, 11) is 0. The van der Waals surface area contributed by atoms with Gasteiger partial charge in [-0.2, -0.15) is 11.3 Å². The second kappa shape index (κ2) is 7.94. The fourth-order valence-electron chi connectivity index (χ4n) is 2.88. The van der Waals surface area contributed by atoms with E-state index in [2.05, 4.69) is 10.9 Å². The zero-order chi connectivity index (χ0) is 19.3. The van der Waals surface area contributed by atoms with Gasteiger partial charge >= 0.3 is 5.91 Å². The number of benzene rings is 2. The number of furan rings is 1. The van der Waals surface area contributed by atoms with Gasteiger partial charge in [-0.15, -0.1) is 0 Å². The molecule has 4 rings (SSSR count). The van der Waals surface area contributed by atoms with Crippen molar-refractivity contribution in [3.05, 3.63) is 95.1 Å². The van der Waals surface area contributed by atoms with E-state index in [9.17, 15) is 9.59 Å². The largest absolute Gasteiger partial charge is 0.458 e. The highest BCUT2D eigenvalue weighted by Gasteiger charge is 2.23. The molecule has 4 aromatic rings. The van der Waals surface area contributed by atoms with Gasteiger partial charge in [0.15, 0.2) is 0 Å². The molecule has 0 aliphatic rings. The van der Waals surface area contributed by atoms with Crippen LogP contribution in [0.2, 0.25) is 0 Å². The molecule has 0 atom stereocenters. The molecule has 6 heteroatoms. The fourth-order valence-corrected chi connectivity index (χ4v) is 3.52. The van der Waals surface area contributed by atoms with E-state index in [1.54, 1.807) is 23.1 Å². The zero-order valence-corrected chi connectivity index (χ0v) is 15.5. The minimum Gasteiger partial charge on any atom is -0.458 e. The van der Waals surface area contributed by atoms with Crippen LogP contribution in [0.4, 0.5) is 0 Å². The summed E-state index contributed by atoms with van der Waals surface area (Å²) >= 11 is 1.41. The molecule has 0 saturated carbocycles. The van der Waals surface area contributed by atoms with Crippen LogP contribution in [0.1, 0.15) is 20.9 Å². The standard InChI is InChI=1S/C22H16N2O3S/c25-21(17-11-12-28-14-17)23-24-22(26)20-19(16-9-5-2-6-10-16)18(13-27-20)15-7-3-1-4-8-15/h1-14H,(H,23,25)(H,24,26). The van der Waals surface area contributed by atoms with E-state index in [-0.39, 0.29) is 11.7 Å². The molecule has 2 aromatic heterocycles. The van der Waals surface area contributed by atoms with Gasteiger partial charge in [-0.05, 0) is 22.6 Å². The van der Waals surface area contributed by atoms with E-state index >= 15 is 0 Å². The Kier molecular flexibility index (Phi) is 5.03. The van der Waals surface area contributed by atoms with Gasteiger partial charge in [0.05, 0.1) is 11.8 Å². The Hall–Kier alpha value is -3.64. The number of hydrogen-bond donors (Lipinski definition) is 2. The average molecular weight is 388 g/mol. The minimum absolute atomic E-state index is 0.135. The Labute approximate surface area is 165 Å². The van der Waals surface area contributed by atoms with E-state index in [0.717, 1.165) is 16.7 Å². The van der Waals surface area contributed by atoms with E-state index < -0.39 is 5.91 Å². The molecule has 28 heavy (non-hydrogen) atoms. The molecule has 0 saturated heterocycles. The SMILES string of the molecule is O=C(NNC(=O)c1occ(-c2ccccc2)c1-c1ccccc1)c1ccsc1. The van der Waals surface area contributed by atoms with Gasteiger partial charge in [0, 0.05) is 16.5 Å². The van der Waals surface area contributed by atoms with Gasteiger partial charge in [0.25, 0.3) is 5.91 Å². The van der Waals surface area contributed by atoms with Crippen LogP contribution >= 0.6 is 11.3 Å². The monoisotopic (exact) mass is 388 g/mol. The van der Waals surface area contributed by atoms with Gasteiger partial charge in [-0.3, -0.25) is 20.4 Å². The van der Waals surface area contributed by atoms with E-state index in [0.29, 0.717) is 11.1 Å². The lowest BCUT2D eigenvalue weighted by atomic mass is 9.96. The maximum atomic E-state index is 12.7. The lowest BCUT2D eigenvalue weighted by molar-refractivity contribution is 0.0831. The molecule has 0 aliphatic heterocycles. The van der Waals surface area contributed by atoms with Gasteiger partial charge in [0.2, 0.25) is 5.76 Å². The van der Waals surface area contributed by atoms with Crippen molar-refractivity contribution < 1.29 is 14.0 Å². The number of carbonyl (C=O) groups is 2. The van der Waals surface area contributed by atoms with Gasteiger partial charge in [0.1, 0.15) is 0 Å². The molecule has 2 heterocycles. The highest BCUT2D eigenvalue weighted by molar-refractivity contribution is 7.08. The summed E-state index contributed by atoms with van der Waals surface area (Å²) in [5.41, 5.74) is 8.61. The molecule has 2 amide bonds. The smallest absolute Gasteiger partial charge is 0.306 e. The molecule has 0 bridgehead atoms. The molecule has 2 N–H and O–H groups in total. The molecule has 0 fully saturated rings. The average Bonchev–Trinajstić information content (AvgIpc) is 3.43. The van der Waals surface area contributed by atoms with Crippen molar-refractivity contribution >= 4 is 23.2 Å². The summed E-state index contributed by atoms with van der Waals surface area (Å²) in [4.78, 5) is 24.8. The van der Waals surface area contributed by atoms with Crippen LogP contribution < -0.4 is 10.9 Å². The first kappa shape index (κ1) is 17.8. The fraction of sp³-hybridized carbons (Fsp3) is 0. The Morgan fingerprint density at radius 1 is 0.786 bits per heavy atom. The number of nitrogens with one attached hydrogen (secondary N) is 2. The predicted molar refractivity (Wildman–Crippen MR) is 109 cm³/mol. The van der Waals surface area contributed by atoms with E-state index in [1.165, 1.54) is 11.3 Å². The Morgan fingerprint density at radius 2 is 1.43 bits per heavy atom. The second-order valence-electron chi connectivity index (χ2n) is 6.01. The molecule has 0 aliphatic carbocycles. The van der Waals surface area contributed by atoms with Crippen molar-refractivity contribution in [3.8, 4) is 22.3 Å². The second-order valence-corrected chi connectivity index (χ2v) is 6.79. The first-order valence-electron chi connectivity index (χ1n) is 8.59. The number of hydrogen-bond acceptors (Lipinski definition) is 4. The summed E-state index contributed by atoms with van der Waals surface area (Å²) in [6, 6.07) is 20.9. The van der Waals surface area contributed by atoms with Crippen LogP contribution in [0.15, 0.2) is 88.2 Å². The summed E-state index contributed by atoms with van der Waals surface area (Å²) in [6.07, 6.45) is 1.56. The Morgan fingerprint density at radius 3 is 2.07 bits per heavy atom. The quantitative estimate of drug-likeness (QED) is 0.496. The minimum atomic E-state index is -0.524. The van der Waals surface area contributed by atoms with Crippen molar-refractivity contribution in [2.45, 2.75) is 0 Å². The van der Waals surface area contributed by atoms with Crippen LogP contribution in [0.3, 0.4) is 0 Å². The molecule has 2 aromatic carbocycles. The van der Waals surface area contributed by atoms with Crippen LogP contribution in [0, 0.1) is 0 Å². The van der Waals surface area contributed by atoms with E-state index in [1.807, 2.05) is 60.7 Å². The lowest BCUT2D eigenvalue weighted by Crippen LogP contribution is -2.41. The predicted octanol–water partition coefficient (Wildman–Crippen LogP) is 4.75. The number of carbonyl (C=O) groups excluding carboxylic acids is 2. The third-order valence-corrected chi connectivity index (χ3v) is 4.90. The maximum absolute atomic E-state index is 12.7. The first-order valence-corrected chi connectivity index (χ1v) is 9.53. The van der Waals surface area contributed by atoms with Crippen molar-refractivity contribution in [1.29, 1.82) is 0 Å². The normalized spacial score (nSPS) is 10.4. The van der Waals surface area contributed by atoms with Crippen LogP contribution in [0.5, 0.6) is 0 Å². The molecule has 0 unspecified atom stereocenters. The van der Waals surface area contributed by atoms with Crippen LogP contribution in [0.25, 0.3) is 22.3 Å². The highest BCUT2D eigenvalue weighted by Crippen LogP contribution is 2.36. The summed E-state index contributed by atoms with van der Waals surface area (Å²) in [5.74, 6) is -0.772. The van der Waals surface area contributed by atoms with E-state index in [4.69, 9.17) is 4.42 Å². The molecule has 5 nitrogen and oxygen atoms in total. The van der Waals surface area contributed by atoms with Crippen LogP contribution in [-0.2, 0) is 0 Å². The Balaban J connectivity index is 1.66. The van der Waals surface area contributed by atoms with Gasteiger partial charge in [-0.25, -0.2) is 0 Å². The van der Waals surface area contributed by atoms with Crippen molar-refractivity contribution in [2.24, 2.45) is 0 Å². The first-order chi connectivity index (χ1) is 13.7. The lowest BCUT2D eigenvalue weighted by Gasteiger charge is -2.08. The summed E-state index contributed by atoms with van der Waals surface area (Å²) in [6.45, 7) is 0. The highest BCUT2D eigenvalue weighted by atomic mass is 32.1. The molecule has 0 spiro atoms. The van der Waals surface area contributed by atoms with Crippen molar-refractivity contribution in [3.63, 3.8) is 0 Å². The zero-order valence-electron chi connectivity index (χ0n) is 14.7. The summed E-state index contributed by atoms with van der Waals surface area (Å²) in [5, 5.41) is 3.50. The van der Waals surface area contributed by atoms with Gasteiger partial charge in [-0.1, -0.05) is 60.7 Å².